The zero-order valence-corrected chi connectivity index (χ0v) is 7.27. The van der Waals surface area contributed by atoms with Gasteiger partial charge in [0.05, 0.1) is 0 Å². The predicted octanol–water partition coefficient (Wildman–Crippen LogP) is 0.620. The van der Waals surface area contributed by atoms with Gasteiger partial charge in [0.15, 0.2) is 0 Å². The highest BCUT2D eigenvalue weighted by atomic mass is 35.5. The lowest BCUT2D eigenvalue weighted by Gasteiger charge is -1.90. The maximum absolute atomic E-state index is 9.82. The van der Waals surface area contributed by atoms with Gasteiger partial charge in [-0.2, -0.15) is 0 Å². The topological polar surface area (TPSA) is 32.3 Å². The molecule has 0 aliphatic heterocycles. The summed E-state index contributed by atoms with van der Waals surface area (Å²) >= 11 is 4.78. The van der Waals surface area contributed by atoms with Gasteiger partial charge in [0, 0.05) is 11.8 Å². The molecule has 0 bridgehead atoms. The van der Waals surface area contributed by atoms with Crippen molar-refractivity contribution in [3.8, 4) is 0 Å². The molecule has 4 heteroatoms. The average molecular weight is 165 g/mol. The minimum absolute atomic E-state index is 0.378. The molecule has 10 heavy (non-hydrogen) atoms. The fourth-order valence-corrected chi connectivity index (χ4v) is 0.116. The maximum Gasteiger partial charge on any atom is 0.257 e. The quantitative estimate of drug-likeness (QED) is 0.455. The van der Waals surface area contributed by atoms with Gasteiger partial charge >= 0.3 is 0 Å². The van der Waals surface area contributed by atoms with E-state index in [0.717, 1.165) is 6.08 Å². The van der Waals surface area contributed by atoms with Crippen molar-refractivity contribution >= 4 is 17.7 Å². The van der Waals surface area contributed by atoms with Crippen LogP contribution in [0.15, 0.2) is 12.7 Å². The summed E-state index contributed by atoms with van der Waals surface area (Å²) in [5.41, 5.74) is 0. The van der Waals surface area contributed by atoms with Crippen molar-refractivity contribution < 1.29 is 4.79 Å². The lowest BCUT2D eigenvalue weighted by atomic mass is 10.6. The molecule has 1 N–H and O–H groups in total. The molecule has 0 aromatic heterocycles. The second kappa shape index (κ2) is 8.46. The Balaban J connectivity index is 0. The van der Waals surface area contributed by atoms with Crippen molar-refractivity contribution in [3.63, 3.8) is 0 Å². The van der Waals surface area contributed by atoms with Gasteiger partial charge in [-0.1, -0.05) is 6.58 Å². The molecule has 0 aliphatic carbocycles. The Morgan fingerprint density at radius 1 is 1.60 bits per heavy atom. The Labute approximate surface area is 66.8 Å². The molecular weight excluding hydrogens is 152 g/mol. The number of hydrogen-bond acceptors (Lipinski definition) is 2. The monoisotopic (exact) mass is 164 g/mol. The van der Waals surface area contributed by atoms with E-state index in [-0.39, 0.29) is 5.91 Å². The third-order valence-electron chi connectivity index (χ3n) is 0.279. The van der Waals surface area contributed by atoms with Crippen LogP contribution in [-0.4, -0.2) is 32.0 Å². The Kier molecular flexibility index (Phi) is 10.3. The molecule has 0 rings (SSSR count). The summed E-state index contributed by atoms with van der Waals surface area (Å²) in [7, 11) is 6.00. The normalized spacial score (nSPS) is 7.70. The van der Waals surface area contributed by atoms with Gasteiger partial charge in [-0.25, -0.2) is 0 Å². The number of carbonyl (C=O) groups excluding carboxylic acids is 1. The van der Waals surface area contributed by atoms with E-state index in [4.69, 9.17) is 11.8 Å². The SMILES string of the molecule is C=CC(=O)NCl.CN(C)C. The first-order valence-electron chi connectivity index (χ1n) is 2.68. The van der Waals surface area contributed by atoms with Crippen LogP contribution >= 0.6 is 11.8 Å². The lowest BCUT2D eigenvalue weighted by Crippen LogP contribution is -2.06. The molecule has 0 radical (unpaired) electrons. The molecule has 60 valence electrons. The van der Waals surface area contributed by atoms with Crippen LogP contribution in [0.3, 0.4) is 0 Å². The average Bonchev–Trinajstić information content (AvgIpc) is 1.85. The largest absolute Gasteiger partial charge is 0.312 e. The summed E-state index contributed by atoms with van der Waals surface area (Å²) in [5, 5.41) is 0. The van der Waals surface area contributed by atoms with Crippen LogP contribution < -0.4 is 4.84 Å². The van der Waals surface area contributed by atoms with E-state index in [1.54, 1.807) is 0 Å². The smallest absolute Gasteiger partial charge is 0.257 e. The van der Waals surface area contributed by atoms with Crippen molar-refractivity contribution in [2.75, 3.05) is 21.1 Å². The molecular formula is C6H13ClN2O. The van der Waals surface area contributed by atoms with Crippen molar-refractivity contribution in [1.82, 2.24) is 9.74 Å². The molecule has 0 aromatic carbocycles. The molecule has 0 saturated heterocycles. The Morgan fingerprint density at radius 3 is 1.90 bits per heavy atom. The molecule has 0 atom stereocenters. The minimum atomic E-state index is -0.378. The van der Waals surface area contributed by atoms with E-state index >= 15 is 0 Å². The van der Waals surface area contributed by atoms with Crippen LogP contribution in [0.2, 0.25) is 0 Å². The molecule has 0 aliphatic rings. The molecule has 0 spiro atoms. The highest BCUT2D eigenvalue weighted by Crippen LogP contribution is 1.64. The zero-order valence-electron chi connectivity index (χ0n) is 6.52. The van der Waals surface area contributed by atoms with Crippen molar-refractivity contribution in [2.24, 2.45) is 0 Å². The van der Waals surface area contributed by atoms with E-state index in [2.05, 4.69) is 6.58 Å². The van der Waals surface area contributed by atoms with Gasteiger partial charge in [0.25, 0.3) is 5.91 Å². The molecule has 0 aromatic rings. The van der Waals surface area contributed by atoms with Gasteiger partial charge in [-0.15, -0.1) is 0 Å². The molecule has 1 amide bonds. The zero-order chi connectivity index (χ0) is 8.57. The van der Waals surface area contributed by atoms with Crippen LogP contribution in [0.4, 0.5) is 0 Å². The van der Waals surface area contributed by atoms with E-state index in [1.807, 2.05) is 30.9 Å². The van der Waals surface area contributed by atoms with E-state index in [9.17, 15) is 4.79 Å². The van der Waals surface area contributed by atoms with E-state index in [1.165, 1.54) is 0 Å². The summed E-state index contributed by atoms with van der Waals surface area (Å²) in [5.74, 6) is -0.378. The predicted molar refractivity (Wildman–Crippen MR) is 43.8 cm³/mol. The molecule has 3 nitrogen and oxygen atoms in total. The summed E-state index contributed by atoms with van der Waals surface area (Å²) in [4.78, 5) is 13.6. The summed E-state index contributed by atoms with van der Waals surface area (Å²) in [6.45, 7) is 3.13. The van der Waals surface area contributed by atoms with Crippen LogP contribution in [0.25, 0.3) is 0 Å². The van der Waals surface area contributed by atoms with E-state index < -0.39 is 0 Å². The van der Waals surface area contributed by atoms with Crippen molar-refractivity contribution in [3.05, 3.63) is 12.7 Å². The molecule has 0 heterocycles. The Hall–Kier alpha value is -0.540. The second-order valence-electron chi connectivity index (χ2n) is 2.00. The highest BCUT2D eigenvalue weighted by molar-refractivity contribution is 6.22. The third-order valence-corrected chi connectivity index (χ3v) is 0.465. The number of hydrogen-bond donors (Lipinski definition) is 1. The number of halogens is 1. The number of amides is 1. The third kappa shape index (κ3) is 26.0. The first kappa shape index (κ1) is 12.2. The molecule has 0 unspecified atom stereocenters. The standard InChI is InChI=1S/C3H4ClNO.C3H9N/c1-2-3(6)5-4;1-4(2)3/h2H,1H2,(H,5,6);1-3H3. The fraction of sp³-hybridized carbons (Fsp3) is 0.500. The summed E-state index contributed by atoms with van der Waals surface area (Å²) < 4.78 is 0. The second-order valence-corrected chi connectivity index (χ2v) is 2.19. The molecule has 0 saturated carbocycles. The molecule has 0 fully saturated rings. The van der Waals surface area contributed by atoms with Gasteiger partial charge < -0.3 is 4.90 Å². The number of nitrogens with one attached hydrogen (secondary N) is 1. The summed E-state index contributed by atoms with van der Waals surface area (Å²) in [6, 6.07) is 0. The van der Waals surface area contributed by atoms with Gasteiger partial charge in [0.2, 0.25) is 0 Å². The van der Waals surface area contributed by atoms with Gasteiger partial charge in [-0.3, -0.25) is 9.63 Å². The first-order valence-corrected chi connectivity index (χ1v) is 3.06. The van der Waals surface area contributed by atoms with Crippen molar-refractivity contribution in [1.29, 1.82) is 0 Å². The van der Waals surface area contributed by atoms with Crippen LogP contribution in [0.5, 0.6) is 0 Å². The Morgan fingerprint density at radius 2 is 1.90 bits per heavy atom. The maximum atomic E-state index is 9.82. The number of nitrogens with zero attached hydrogens (tertiary/aromatic N) is 1. The van der Waals surface area contributed by atoms with Crippen LogP contribution in [0, 0.1) is 0 Å². The van der Waals surface area contributed by atoms with Gasteiger partial charge in [0.1, 0.15) is 0 Å². The Bertz CT molecular complexity index is 101. The van der Waals surface area contributed by atoms with E-state index in [0.29, 0.717) is 0 Å². The highest BCUT2D eigenvalue weighted by Gasteiger charge is 1.81. The van der Waals surface area contributed by atoms with Gasteiger partial charge in [-0.05, 0) is 27.2 Å². The number of carbonyl (C=O) groups is 1. The summed E-state index contributed by atoms with van der Waals surface area (Å²) in [6.07, 6.45) is 1.09. The van der Waals surface area contributed by atoms with Crippen LogP contribution in [0.1, 0.15) is 0 Å². The first-order chi connectivity index (χ1) is 4.54. The lowest BCUT2D eigenvalue weighted by molar-refractivity contribution is -0.114. The van der Waals surface area contributed by atoms with Crippen LogP contribution in [-0.2, 0) is 4.79 Å². The number of rotatable bonds is 1. The van der Waals surface area contributed by atoms with Crippen molar-refractivity contribution in [2.45, 2.75) is 0 Å². The fourth-order valence-electron chi connectivity index (χ4n) is 0.0386. The minimum Gasteiger partial charge on any atom is -0.312 e.